The van der Waals surface area contributed by atoms with E-state index in [2.05, 4.69) is 6.92 Å². The molecule has 3 N–H and O–H groups in total. The van der Waals surface area contributed by atoms with Gasteiger partial charge in [-0.15, -0.1) is 0 Å². The monoisotopic (exact) mass is 550 g/mol. The number of nitrogens with two attached hydrogens (primary N) is 1. The summed E-state index contributed by atoms with van der Waals surface area (Å²) in [7, 11) is -1.84. The van der Waals surface area contributed by atoms with Crippen molar-refractivity contribution < 1.29 is 33.6 Å². The Morgan fingerprint density at radius 1 is 0.757 bits per heavy atom. The molecular formula is C29H61NO6P+. The number of hydrogen-bond donors (Lipinski definition) is 2. The summed E-state index contributed by atoms with van der Waals surface area (Å²) < 4.78 is 28.4. The molecule has 0 aromatic rings. The molecule has 0 spiro atoms. The highest BCUT2D eigenvalue weighted by molar-refractivity contribution is 7.52. The number of carbonyl (C=O) groups is 1. The van der Waals surface area contributed by atoms with Crippen molar-refractivity contribution in [1.29, 1.82) is 0 Å². The summed E-state index contributed by atoms with van der Waals surface area (Å²) in [6.07, 6.45) is 23.1. The van der Waals surface area contributed by atoms with Crippen molar-refractivity contribution in [2.45, 2.75) is 142 Å². The van der Waals surface area contributed by atoms with Gasteiger partial charge < -0.3 is 24.2 Å². The molecule has 222 valence electrons. The van der Waals surface area contributed by atoms with Gasteiger partial charge in [0.25, 0.3) is 0 Å². The highest BCUT2D eigenvalue weighted by Gasteiger charge is 2.24. The van der Waals surface area contributed by atoms with Crippen LogP contribution in [0.15, 0.2) is 0 Å². The lowest BCUT2D eigenvalue weighted by molar-refractivity contribution is -0.622. The van der Waals surface area contributed by atoms with Crippen LogP contribution in [-0.4, -0.2) is 56.5 Å². The number of esters is 1. The van der Waals surface area contributed by atoms with Gasteiger partial charge in [-0.2, -0.15) is 0 Å². The zero-order valence-electron chi connectivity index (χ0n) is 24.6. The standard InChI is InChI=1S/C29H60NO6P/c1-4-6-7-8-9-10-11-12-13-14-15-16-17-18-19-20-21-24-34-26-28(36-29(31)22-5-2)27-35-37(32,33)25-23-30-3/h28,30H,4-27H2,1-3H3,(H,32,33)/p+1. The lowest BCUT2D eigenvalue weighted by atomic mass is 10.0. The number of carbonyl (C=O) groups excluding carboxylic acids is 1. The summed E-state index contributed by atoms with van der Waals surface area (Å²) in [6.45, 7) is 5.36. The second-order valence-corrected chi connectivity index (χ2v) is 12.4. The van der Waals surface area contributed by atoms with E-state index in [0.29, 0.717) is 26.0 Å². The maximum Gasteiger partial charge on any atom is 0.333 e. The molecule has 0 aliphatic carbocycles. The Kier molecular flexibility index (Phi) is 26.8. The molecule has 2 unspecified atom stereocenters. The van der Waals surface area contributed by atoms with Gasteiger partial charge in [0.05, 0.1) is 33.0 Å². The second kappa shape index (κ2) is 27.1. The van der Waals surface area contributed by atoms with E-state index >= 15 is 0 Å². The molecule has 37 heavy (non-hydrogen) atoms. The van der Waals surface area contributed by atoms with Gasteiger partial charge in [0.2, 0.25) is 0 Å². The molecule has 0 aromatic carbocycles. The Morgan fingerprint density at radius 3 is 1.70 bits per heavy atom. The average Bonchev–Trinajstić information content (AvgIpc) is 2.87. The number of ether oxygens (including phenoxy) is 2. The molecule has 0 aliphatic rings. The quantitative estimate of drug-likeness (QED) is 0.0606. The minimum Gasteiger partial charge on any atom is -0.457 e. The molecule has 0 radical (unpaired) electrons. The van der Waals surface area contributed by atoms with Crippen LogP contribution < -0.4 is 5.32 Å². The van der Waals surface area contributed by atoms with E-state index in [1.54, 1.807) is 0 Å². The molecule has 0 saturated heterocycles. The lowest BCUT2D eigenvalue weighted by Gasteiger charge is -2.20. The van der Waals surface area contributed by atoms with Crippen LogP contribution in [0.3, 0.4) is 0 Å². The molecule has 0 aliphatic heterocycles. The first-order valence-corrected chi connectivity index (χ1v) is 17.2. The SMILES string of the molecule is CCCCCCCCCCCCCCCCCCCOCC(COP(=O)(O)CC[NH2+]C)OC(=O)CCC. The first-order chi connectivity index (χ1) is 17.9. The Morgan fingerprint density at radius 2 is 1.24 bits per heavy atom. The van der Waals surface area contributed by atoms with Crippen LogP contribution in [0.1, 0.15) is 136 Å². The molecule has 0 saturated carbocycles. The Labute approximate surface area is 228 Å². The molecule has 7 nitrogen and oxygen atoms in total. The molecule has 0 rings (SSSR count). The van der Waals surface area contributed by atoms with E-state index in [9.17, 15) is 14.3 Å². The largest absolute Gasteiger partial charge is 0.457 e. The van der Waals surface area contributed by atoms with Crippen molar-refractivity contribution in [1.82, 2.24) is 0 Å². The summed E-state index contributed by atoms with van der Waals surface area (Å²) in [4.78, 5) is 21.8. The average molecular weight is 551 g/mol. The van der Waals surface area contributed by atoms with Gasteiger partial charge in [-0.1, -0.05) is 117 Å². The van der Waals surface area contributed by atoms with E-state index in [1.807, 2.05) is 19.3 Å². The normalized spacial score (nSPS) is 13.9. The Hall–Kier alpha value is -0.460. The molecule has 0 aromatic heterocycles. The minimum absolute atomic E-state index is 0.0687. The number of hydrogen-bond acceptors (Lipinski definition) is 5. The van der Waals surface area contributed by atoms with E-state index in [4.69, 9.17) is 14.0 Å². The van der Waals surface area contributed by atoms with Crippen molar-refractivity contribution >= 4 is 13.6 Å². The van der Waals surface area contributed by atoms with Crippen LogP contribution in [0.4, 0.5) is 0 Å². The van der Waals surface area contributed by atoms with E-state index in [1.165, 1.54) is 96.3 Å². The fourth-order valence-electron chi connectivity index (χ4n) is 4.27. The molecule has 0 bridgehead atoms. The molecule has 0 fully saturated rings. The van der Waals surface area contributed by atoms with Gasteiger partial charge in [0.1, 0.15) is 6.10 Å². The van der Waals surface area contributed by atoms with Gasteiger partial charge in [-0.25, -0.2) is 0 Å². The molecule has 0 amide bonds. The number of quaternary nitrogens is 1. The fraction of sp³-hybridized carbons (Fsp3) is 0.966. The number of unbranched alkanes of at least 4 members (excludes halogenated alkanes) is 16. The van der Waals surface area contributed by atoms with E-state index < -0.39 is 13.7 Å². The van der Waals surface area contributed by atoms with Crippen molar-refractivity contribution in [3.8, 4) is 0 Å². The van der Waals surface area contributed by atoms with Crippen molar-refractivity contribution in [2.75, 3.05) is 39.6 Å². The zero-order chi connectivity index (χ0) is 27.5. The van der Waals surface area contributed by atoms with Gasteiger partial charge in [-0.05, 0) is 12.8 Å². The fourth-order valence-corrected chi connectivity index (χ4v) is 5.38. The van der Waals surface area contributed by atoms with E-state index in [0.717, 1.165) is 12.8 Å². The molecular weight excluding hydrogens is 489 g/mol. The van der Waals surface area contributed by atoms with Gasteiger partial charge in [0, 0.05) is 13.0 Å². The van der Waals surface area contributed by atoms with Crippen LogP contribution in [0.5, 0.6) is 0 Å². The topological polar surface area (TPSA) is 98.7 Å². The lowest BCUT2D eigenvalue weighted by Crippen LogP contribution is -2.80. The Balaban J connectivity index is 3.70. The van der Waals surface area contributed by atoms with Crippen LogP contribution in [0.2, 0.25) is 0 Å². The maximum atomic E-state index is 12.1. The first-order valence-electron chi connectivity index (χ1n) is 15.5. The van der Waals surface area contributed by atoms with Gasteiger partial charge in [-0.3, -0.25) is 9.36 Å². The van der Waals surface area contributed by atoms with E-state index in [-0.39, 0.29) is 25.3 Å². The maximum absolute atomic E-state index is 12.1. The van der Waals surface area contributed by atoms with Crippen molar-refractivity contribution in [3.05, 3.63) is 0 Å². The van der Waals surface area contributed by atoms with Crippen LogP contribution in [-0.2, 0) is 23.4 Å². The highest BCUT2D eigenvalue weighted by Crippen LogP contribution is 2.40. The zero-order valence-corrected chi connectivity index (χ0v) is 25.5. The third-order valence-corrected chi connectivity index (χ3v) is 7.99. The van der Waals surface area contributed by atoms with Gasteiger partial charge >= 0.3 is 13.6 Å². The second-order valence-electron chi connectivity index (χ2n) is 10.4. The van der Waals surface area contributed by atoms with Crippen molar-refractivity contribution in [3.63, 3.8) is 0 Å². The molecule has 2 atom stereocenters. The van der Waals surface area contributed by atoms with Crippen molar-refractivity contribution in [2.24, 2.45) is 0 Å². The Bertz CT molecular complexity index is 548. The summed E-state index contributed by atoms with van der Waals surface area (Å²) >= 11 is 0. The van der Waals surface area contributed by atoms with Crippen LogP contribution in [0.25, 0.3) is 0 Å². The highest BCUT2D eigenvalue weighted by atomic mass is 31.2. The van der Waals surface area contributed by atoms with Crippen LogP contribution >= 0.6 is 7.60 Å². The molecule has 0 heterocycles. The third kappa shape index (κ3) is 26.9. The number of rotatable bonds is 29. The molecule has 8 heteroatoms. The smallest absolute Gasteiger partial charge is 0.333 e. The predicted molar refractivity (Wildman–Crippen MR) is 153 cm³/mol. The summed E-state index contributed by atoms with van der Waals surface area (Å²) in [5, 5.41) is 1.83. The summed E-state index contributed by atoms with van der Waals surface area (Å²) in [6, 6.07) is 0. The summed E-state index contributed by atoms with van der Waals surface area (Å²) in [5.74, 6) is -0.327. The minimum atomic E-state index is -3.68. The van der Waals surface area contributed by atoms with Crippen LogP contribution in [0, 0.1) is 0 Å². The third-order valence-electron chi connectivity index (χ3n) is 6.61. The van der Waals surface area contributed by atoms with Gasteiger partial charge in [0.15, 0.2) is 0 Å². The first kappa shape index (κ1) is 36.5. The summed E-state index contributed by atoms with van der Waals surface area (Å²) in [5.41, 5.74) is 0. The predicted octanol–water partition coefficient (Wildman–Crippen LogP) is 6.76.